The maximum Gasteiger partial charge on any atom is 0.335 e. The first-order chi connectivity index (χ1) is 9.13. The Kier molecular flexibility index (Phi) is 2.47. The lowest BCUT2D eigenvalue weighted by Gasteiger charge is -2.03. The molecule has 0 bridgehead atoms. The third-order valence-corrected chi connectivity index (χ3v) is 3.35. The van der Waals surface area contributed by atoms with Gasteiger partial charge in [-0.05, 0) is 28.8 Å². The molecule has 0 saturated heterocycles. The summed E-state index contributed by atoms with van der Waals surface area (Å²) in [4.78, 5) is 23.3. The predicted molar refractivity (Wildman–Crippen MR) is 68.2 cm³/mol. The Bertz CT molecular complexity index is 716. The molecule has 0 fully saturated rings. The van der Waals surface area contributed by atoms with Gasteiger partial charge < -0.3 is 10.2 Å². The molecule has 0 radical (unpaired) electrons. The van der Waals surface area contributed by atoms with Crippen molar-refractivity contribution in [3.05, 3.63) is 58.7 Å². The van der Waals surface area contributed by atoms with E-state index in [4.69, 9.17) is 5.11 Å². The molecule has 0 atom stereocenters. The molecule has 0 aromatic heterocycles. The summed E-state index contributed by atoms with van der Waals surface area (Å²) in [5.74, 6) is -1.29. The normalized spacial score (nSPS) is 12.2. The number of benzene rings is 2. The van der Waals surface area contributed by atoms with Crippen LogP contribution < -0.4 is 0 Å². The second-order valence-electron chi connectivity index (χ2n) is 4.39. The molecule has 4 nitrogen and oxygen atoms in total. The molecule has 2 N–H and O–H groups in total. The van der Waals surface area contributed by atoms with E-state index in [1.807, 2.05) is 0 Å². The van der Waals surface area contributed by atoms with Gasteiger partial charge in [-0.1, -0.05) is 24.3 Å². The Labute approximate surface area is 108 Å². The number of carbonyl (C=O) groups is 2. The van der Waals surface area contributed by atoms with Gasteiger partial charge in [-0.3, -0.25) is 4.79 Å². The minimum atomic E-state index is -1.06. The fourth-order valence-electron chi connectivity index (χ4n) is 2.46. The second-order valence-corrected chi connectivity index (χ2v) is 4.39. The van der Waals surface area contributed by atoms with Crippen molar-refractivity contribution in [2.24, 2.45) is 0 Å². The highest BCUT2D eigenvalue weighted by molar-refractivity contribution is 6.23. The van der Waals surface area contributed by atoms with Crippen LogP contribution in [0.15, 0.2) is 36.4 Å². The number of ketones is 1. The molecule has 94 valence electrons. The van der Waals surface area contributed by atoms with Gasteiger partial charge in [0, 0.05) is 11.1 Å². The molecule has 2 aromatic carbocycles. The Morgan fingerprint density at radius 3 is 2.53 bits per heavy atom. The lowest BCUT2D eigenvalue weighted by Crippen LogP contribution is -2.02. The molecule has 4 heteroatoms. The maximum atomic E-state index is 12.3. The topological polar surface area (TPSA) is 74.6 Å². The fraction of sp³-hybridized carbons (Fsp3) is 0.0667. The monoisotopic (exact) mass is 254 g/mol. The number of aliphatic hydroxyl groups excluding tert-OH is 1. The predicted octanol–water partition coefficient (Wildman–Crippen LogP) is 2.09. The zero-order chi connectivity index (χ0) is 13.6. The Balaban J connectivity index is 2.27. The zero-order valence-electron chi connectivity index (χ0n) is 9.88. The van der Waals surface area contributed by atoms with E-state index in [2.05, 4.69) is 0 Å². The van der Waals surface area contributed by atoms with Crippen molar-refractivity contribution >= 4 is 11.8 Å². The average Bonchev–Trinajstić information content (AvgIpc) is 2.72. The number of carbonyl (C=O) groups excluding carboxylic acids is 1. The van der Waals surface area contributed by atoms with Gasteiger partial charge in [0.1, 0.15) is 0 Å². The molecule has 1 aliphatic rings. The van der Waals surface area contributed by atoms with E-state index in [1.54, 1.807) is 24.3 Å². The molecule has 0 saturated carbocycles. The molecular formula is C15H10O4. The zero-order valence-corrected chi connectivity index (χ0v) is 9.88. The van der Waals surface area contributed by atoms with Crippen LogP contribution in [0.4, 0.5) is 0 Å². The standard InChI is InChI=1S/C15H10O4/c16-7-9-2-1-3-11-10-5-4-8(15(18)19)6-12(10)14(17)13(9)11/h1-6,16H,7H2,(H,18,19). The van der Waals surface area contributed by atoms with Crippen LogP contribution in [0.5, 0.6) is 0 Å². The van der Waals surface area contributed by atoms with Crippen LogP contribution in [0, 0.1) is 0 Å². The summed E-state index contributed by atoms with van der Waals surface area (Å²) >= 11 is 0. The van der Waals surface area contributed by atoms with Crippen LogP contribution in [0.2, 0.25) is 0 Å². The van der Waals surface area contributed by atoms with Crippen LogP contribution in [0.25, 0.3) is 11.1 Å². The van der Waals surface area contributed by atoms with E-state index < -0.39 is 5.97 Å². The molecule has 1 aliphatic carbocycles. The van der Waals surface area contributed by atoms with Crippen LogP contribution in [0.1, 0.15) is 31.8 Å². The van der Waals surface area contributed by atoms with Gasteiger partial charge in [0.15, 0.2) is 5.78 Å². The van der Waals surface area contributed by atoms with E-state index in [1.165, 1.54) is 12.1 Å². The molecule has 0 unspecified atom stereocenters. The molecule has 3 rings (SSSR count). The number of hydrogen-bond donors (Lipinski definition) is 2. The maximum absolute atomic E-state index is 12.3. The van der Waals surface area contributed by atoms with E-state index >= 15 is 0 Å². The highest BCUT2D eigenvalue weighted by Gasteiger charge is 2.29. The number of aromatic carboxylic acids is 1. The first kappa shape index (κ1) is 11.6. The number of aliphatic hydroxyl groups is 1. The number of hydrogen-bond acceptors (Lipinski definition) is 3. The van der Waals surface area contributed by atoms with Gasteiger partial charge in [0.2, 0.25) is 0 Å². The smallest absolute Gasteiger partial charge is 0.335 e. The lowest BCUT2D eigenvalue weighted by molar-refractivity contribution is 0.0697. The number of carboxylic acid groups (broad SMARTS) is 1. The van der Waals surface area contributed by atoms with Crippen LogP contribution >= 0.6 is 0 Å². The average molecular weight is 254 g/mol. The molecule has 19 heavy (non-hydrogen) atoms. The van der Waals surface area contributed by atoms with Crippen LogP contribution in [-0.4, -0.2) is 22.0 Å². The lowest BCUT2D eigenvalue weighted by atomic mass is 10.0. The Hall–Kier alpha value is -2.46. The molecule has 0 aliphatic heterocycles. The van der Waals surface area contributed by atoms with Gasteiger partial charge in [-0.2, -0.15) is 0 Å². The van der Waals surface area contributed by atoms with Gasteiger partial charge in [0.05, 0.1) is 12.2 Å². The minimum absolute atomic E-state index is 0.0884. The Morgan fingerprint density at radius 1 is 1.05 bits per heavy atom. The third kappa shape index (κ3) is 1.57. The van der Waals surface area contributed by atoms with Crippen molar-refractivity contribution in [3.63, 3.8) is 0 Å². The summed E-state index contributed by atoms with van der Waals surface area (Å²) in [5, 5.41) is 18.3. The van der Waals surface area contributed by atoms with E-state index in [0.29, 0.717) is 16.7 Å². The second kappa shape index (κ2) is 4.03. The van der Waals surface area contributed by atoms with Gasteiger partial charge in [-0.25, -0.2) is 4.79 Å². The van der Waals surface area contributed by atoms with Gasteiger partial charge >= 0.3 is 5.97 Å². The largest absolute Gasteiger partial charge is 0.478 e. The van der Waals surface area contributed by atoms with E-state index in [0.717, 1.165) is 11.1 Å². The van der Waals surface area contributed by atoms with Gasteiger partial charge in [0.25, 0.3) is 0 Å². The minimum Gasteiger partial charge on any atom is -0.478 e. The highest BCUT2D eigenvalue weighted by atomic mass is 16.4. The van der Waals surface area contributed by atoms with Crippen molar-refractivity contribution in [1.29, 1.82) is 0 Å². The number of carboxylic acids is 1. The first-order valence-electron chi connectivity index (χ1n) is 5.78. The van der Waals surface area contributed by atoms with Crippen molar-refractivity contribution in [1.82, 2.24) is 0 Å². The third-order valence-electron chi connectivity index (χ3n) is 3.35. The van der Waals surface area contributed by atoms with Crippen LogP contribution in [0.3, 0.4) is 0 Å². The molecule has 0 heterocycles. The van der Waals surface area contributed by atoms with Crippen molar-refractivity contribution in [2.75, 3.05) is 0 Å². The van der Waals surface area contributed by atoms with Crippen molar-refractivity contribution < 1.29 is 19.8 Å². The highest BCUT2D eigenvalue weighted by Crippen LogP contribution is 2.38. The molecule has 0 spiro atoms. The summed E-state index contributed by atoms with van der Waals surface area (Å²) in [6, 6.07) is 9.79. The quantitative estimate of drug-likeness (QED) is 0.734. The summed E-state index contributed by atoms with van der Waals surface area (Å²) < 4.78 is 0. The van der Waals surface area contributed by atoms with Crippen LogP contribution in [-0.2, 0) is 6.61 Å². The number of rotatable bonds is 2. The number of fused-ring (bicyclic) bond motifs is 3. The van der Waals surface area contributed by atoms with E-state index in [-0.39, 0.29) is 18.0 Å². The van der Waals surface area contributed by atoms with E-state index in [9.17, 15) is 14.7 Å². The summed E-state index contributed by atoms with van der Waals surface area (Å²) in [6.45, 7) is -0.214. The summed E-state index contributed by atoms with van der Waals surface area (Å²) in [5.41, 5.74) is 2.99. The molecular weight excluding hydrogens is 244 g/mol. The summed E-state index contributed by atoms with van der Waals surface area (Å²) in [6.07, 6.45) is 0. The molecule has 0 amide bonds. The molecule has 2 aromatic rings. The summed E-state index contributed by atoms with van der Waals surface area (Å²) in [7, 11) is 0. The Morgan fingerprint density at radius 2 is 1.84 bits per heavy atom. The van der Waals surface area contributed by atoms with Crippen molar-refractivity contribution in [2.45, 2.75) is 6.61 Å². The SMILES string of the molecule is O=C(O)c1ccc2c(c1)C(=O)c1c(CO)cccc1-2. The fourth-order valence-corrected chi connectivity index (χ4v) is 2.46. The van der Waals surface area contributed by atoms with Crippen molar-refractivity contribution in [3.8, 4) is 11.1 Å². The first-order valence-corrected chi connectivity index (χ1v) is 5.78. The van der Waals surface area contributed by atoms with Gasteiger partial charge in [-0.15, -0.1) is 0 Å².